The summed E-state index contributed by atoms with van der Waals surface area (Å²) in [4.78, 5) is 27.4. The lowest BCUT2D eigenvalue weighted by Crippen LogP contribution is -2.41. The number of anilines is 2. The van der Waals surface area contributed by atoms with Crippen LogP contribution < -0.4 is 10.1 Å². The largest absolute Gasteiger partial charge is 0.454 e. The fourth-order valence-corrected chi connectivity index (χ4v) is 4.42. The lowest BCUT2D eigenvalue weighted by atomic mass is 9.96. The number of hydrogen-bond donors (Lipinski definition) is 1. The Morgan fingerprint density at radius 3 is 2.71 bits per heavy atom. The van der Waals surface area contributed by atoms with Crippen molar-refractivity contribution >= 4 is 44.5 Å². The number of rotatable bonds is 5. The summed E-state index contributed by atoms with van der Waals surface area (Å²) in [5.74, 6) is 2.89. The van der Waals surface area contributed by atoms with Gasteiger partial charge in [0.1, 0.15) is 28.7 Å². The minimum atomic E-state index is -0.492. The minimum Gasteiger partial charge on any atom is -0.454 e. The van der Waals surface area contributed by atoms with Crippen molar-refractivity contribution in [2.45, 2.75) is 52.1 Å². The Bertz CT molecular complexity index is 1160. The van der Waals surface area contributed by atoms with Crippen molar-refractivity contribution in [1.29, 1.82) is 0 Å². The number of hydrogen-bond acceptors (Lipinski definition) is 9. The highest BCUT2D eigenvalue weighted by Gasteiger charge is 2.29. The monoisotopic (exact) mass is 546 g/mol. The van der Waals surface area contributed by atoms with Gasteiger partial charge in [0.05, 0.1) is 10.2 Å². The molecular formula is C23H27BrN6O3S. The number of piperidine rings is 1. The fourth-order valence-electron chi connectivity index (χ4n) is 3.47. The van der Waals surface area contributed by atoms with Crippen LogP contribution in [0.1, 0.15) is 51.0 Å². The Morgan fingerprint density at radius 1 is 1.24 bits per heavy atom. The summed E-state index contributed by atoms with van der Waals surface area (Å²) < 4.78 is 16.8. The van der Waals surface area contributed by atoms with Gasteiger partial charge >= 0.3 is 6.09 Å². The number of aromatic nitrogens is 4. The van der Waals surface area contributed by atoms with E-state index in [1.165, 1.54) is 11.5 Å². The second-order valence-electron chi connectivity index (χ2n) is 9.01. The molecule has 1 aliphatic rings. The van der Waals surface area contributed by atoms with Gasteiger partial charge in [-0.05, 0) is 68.6 Å². The smallest absolute Gasteiger partial charge is 0.410 e. The van der Waals surface area contributed by atoms with E-state index in [-0.39, 0.29) is 12.0 Å². The Kier molecular flexibility index (Phi) is 7.32. The summed E-state index contributed by atoms with van der Waals surface area (Å²) in [6.07, 6.45) is 4.74. The Morgan fingerprint density at radius 2 is 2.00 bits per heavy atom. The first-order chi connectivity index (χ1) is 16.2. The number of pyridine rings is 2. The van der Waals surface area contributed by atoms with E-state index in [1.54, 1.807) is 23.4 Å². The van der Waals surface area contributed by atoms with E-state index in [9.17, 15) is 4.79 Å². The van der Waals surface area contributed by atoms with Crippen molar-refractivity contribution in [2.24, 2.45) is 0 Å². The average Bonchev–Trinajstić information content (AvgIpc) is 3.25. The molecule has 0 saturated carbocycles. The first-order valence-corrected chi connectivity index (χ1v) is 12.6. The maximum atomic E-state index is 12.3. The molecule has 180 valence electrons. The fraction of sp³-hybridized carbons (Fsp3) is 0.435. The zero-order valence-corrected chi connectivity index (χ0v) is 21.9. The van der Waals surface area contributed by atoms with E-state index < -0.39 is 5.60 Å². The quantitative estimate of drug-likeness (QED) is 0.412. The molecule has 9 nitrogen and oxygen atoms in total. The molecule has 0 aromatic carbocycles. The van der Waals surface area contributed by atoms with Crippen LogP contribution in [0.4, 0.5) is 15.7 Å². The number of carbonyl (C=O) groups is 1. The van der Waals surface area contributed by atoms with Gasteiger partial charge in [0.15, 0.2) is 0 Å². The average molecular weight is 547 g/mol. The molecule has 0 unspecified atom stereocenters. The Balaban J connectivity index is 1.37. The van der Waals surface area contributed by atoms with Gasteiger partial charge in [-0.25, -0.2) is 14.8 Å². The molecule has 34 heavy (non-hydrogen) atoms. The van der Waals surface area contributed by atoms with Gasteiger partial charge in [0.2, 0.25) is 5.13 Å². The van der Waals surface area contributed by atoms with Crippen molar-refractivity contribution in [3.05, 3.63) is 46.6 Å². The van der Waals surface area contributed by atoms with Crippen LogP contribution in [0, 0.1) is 6.92 Å². The van der Waals surface area contributed by atoms with Gasteiger partial charge in [-0.15, -0.1) is 0 Å². The summed E-state index contributed by atoms with van der Waals surface area (Å²) in [6, 6.07) is 5.50. The first-order valence-electron chi connectivity index (χ1n) is 11.0. The number of ether oxygens (including phenoxy) is 2. The second kappa shape index (κ2) is 10.2. The number of aryl methyl sites for hydroxylation is 1. The molecule has 0 spiro atoms. The highest BCUT2D eigenvalue weighted by molar-refractivity contribution is 9.10. The van der Waals surface area contributed by atoms with Crippen LogP contribution in [0.3, 0.4) is 0 Å². The number of carbonyl (C=O) groups excluding carboxylic acids is 1. The molecule has 3 aromatic rings. The van der Waals surface area contributed by atoms with E-state index >= 15 is 0 Å². The van der Waals surface area contributed by atoms with Crippen molar-refractivity contribution in [3.8, 4) is 11.5 Å². The van der Waals surface area contributed by atoms with Gasteiger partial charge in [-0.1, -0.05) is 0 Å². The zero-order chi connectivity index (χ0) is 24.3. The van der Waals surface area contributed by atoms with E-state index in [4.69, 9.17) is 9.47 Å². The second-order valence-corrected chi connectivity index (χ2v) is 10.6. The molecule has 1 aliphatic heterocycles. The summed E-state index contributed by atoms with van der Waals surface area (Å²) >= 11 is 4.78. The van der Waals surface area contributed by atoms with E-state index in [0.717, 1.165) is 28.8 Å². The van der Waals surface area contributed by atoms with Crippen LogP contribution in [0.25, 0.3) is 0 Å². The standard InChI is InChI=1S/C23H27BrN6O3S/c1-14-17(6-5-9-25-14)32-18-12-19(26-13-16(18)24)27-21-28-20(29-34-21)15-7-10-30(11-8-15)22(31)33-23(2,3)4/h5-6,9,12-13,15H,7-8,10-11H2,1-4H3,(H,26,27,28,29). The molecule has 1 amide bonds. The van der Waals surface area contributed by atoms with Crippen LogP contribution in [-0.2, 0) is 4.74 Å². The third-order valence-corrected chi connectivity index (χ3v) is 6.43. The predicted octanol–water partition coefficient (Wildman–Crippen LogP) is 6.05. The molecule has 0 aliphatic carbocycles. The highest BCUT2D eigenvalue weighted by Crippen LogP contribution is 2.34. The van der Waals surface area contributed by atoms with Crippen molar-refractivity contribution in [3.63, 3.8) is 0 Å². The van der Waals surface area contributed by atoms with Crippen LogP contribution in [0.5, 0.6) is 11.5 Å². The van der Waals surface area contributed by atoms with Crippen LogP contribution in [0.2, 0.25) is 0 Å². The topological polar surface area (TPSA) is 102 Å². The molecule has 0 bridgehead atoms. The van der Waals surface area contributed by atoms with Gasteiger partial charge in [0.25, 0.3) is 0 Å². The van der Waals surface area contributed by atoms with Gasteiger partial charge in [-0.3, -0.25) is 4.98 Å². The summed E-state index contributed by atoms with van der Waals surface area (Å²) in [5, 5.41) is 3.87. The molecular weight excluding hydrogens is 520 g/mol. The summed E-state index contributed by atoms with van der Waals surface area (Å²) in [6.45, 7) is 8.78. The lowest BCUT2D eigenvalue weighted by molar-refractivity contribution is 0.0203. The molecule has 0 radical (unpaired) electrons. The minimum absolute atomic E-state index is 0.204. The van der Waals surface area contributed by atoms with E-state index in [0.29, 0.717) is 35.5 Å². The highest BCUT2D eigenvalue weighted by atomic mass is 79.9. The number of likely N-dealkylation sites (tertiary alicyclic amines) is 1. The molecule has 4 rings (SSSR count). The Labute approximate surface area is 211 Å². The van der Waals surface area contributed by atoms with E-state index in [2.05, 4.69) is 40.6 Å². The number of nitrogens with one attached hydrogen (secondary N) is 1. The molecule has 1 saturated heterocycles. The normalized spacial score (nSPS) is 14.7. The number of halogens is 1. The molecule has 4 heterocycles. The summed E-state index contributed by atoms with van der Waals surface area (Å²) in [7, 11) is 0. The van der Waals surface area contributed by atoms with Gasteiger partial charge < -0.3 is 19.7 Å². The predicted molar refractivity (Wildman–Crippen MR) is 134 cm³/mol. The molecule has 1 N–H and O–H groups in total. The number of amides is 1. The maximum Gasteiger partial charge on any atom is 0.410 e. The molecule has 1 fully saturated rings. The number of nitrogens with zero attached hydrogens (tertiary/aromatic N) is 5. The van der Waals surface area contributed by atoms with E-state index in [1.807, 2.05) is 39.8 Å². The van der Waals surface area contributed by atoms with Crippen molar-refractivity contribution in [2.75, 3.05) is 18.4 Å². The van der Waals surface area contributed by atoms with Crippen molar-refractivity contribution < 1.29 is 14.3 Å². The molecule has 3 aromatic heterocycles. The maximum absolute atomic E-state index is 12.3. The summed E-state index contributed by atoms with van der Waals surface area (Å²) in [5.41, 5.74) is 0.306. The third kappa shape index (κ3) is 6.20. The molecule has 0 atom stereocenters. The van der Waals surface area contributed by atoms with Crippen molar-refractivity contribution in [1.82, 2.24) is 24.2 Å². The van der Waals surface area contributed by atoms with Crippen LogP contribution >= 0.6 is 27.5 Å². The lowest BCUT2D eigenvalue weighted by Gasteiger charge is -2.32. The van der Waals surface area contributed by atoms with Gasteiger partial charge in [0, 0.05) is 49.0 Å². The van der Waals surface area contributed by atoms with Gasteiger partial charge in [-0.2, -0.15) is 4.37 Å². The molecule has 11 heteroatoms. The van der Waals surface area contributed by atoms with Crippen LogP contribution in [-0.4, -0.2) is 49.0 Å². The zero-order valence-electron chi connectivity index (χ0n) is 19.5. The third-order valence-electron chi connectivity index (χ3n) is 5.19. The van der Waals surface area contributed by atoms with Crippen LogP contribution in [0.15, 0.2) is 35.1 Å². The Hall–Kier alpha value is -2.79. The first kappa shape index (κ1) is 24.3. The SMILES string of the molecule is Cc1ncccc1Oc1cc(Nc2nc(C3CCN(C(=O)OC(C)(C)C)CC3)ns2)ncc1Br.